The Morgan fingerprint density at radius 3 is 2.55 bits per heavy atom. The number of rotatable bonds is 1. The highest BCUT2D eigenvalue weighted by Crippen LogP contribution is 2.37. The van der Waals surface area contributed by atoms with E-state index in [1.165, 1.54) is 4.90 Å². The maximum Gasteiger partial charge on any atom is 0.290 e. The summed E-state index contributed by atoms with van der Waals surface area (Å²) in [5, 5.41) is 0.470. The Hall–Kier alpha value is -2.82. The number of fused-ring (bicyclic) bond motifs is 2. The quantitative estimate of drug-likeness (QED) is 0.692. The number of hydrogen-bond donors (Lipinski definition) is 0. The number of furan rings is 1. The van der Waals surface area contributed by atoms with Gasteiger partial charge in [0.15, 0.2) is 5.43 Å². The van der Waals surface area contributed by atoms with Crippen LogP contribution in [0.1, 0.15) is 33.7 Å². The summed E-state index contributed by atoms with van der Waals surface area (Å²) < 4.78 is 11.3. The Morgan fingerprint density at radius 2 is 1.82 bits per heavy atom. The van der Waals surface area contributed by atoms with E-state index in [-0.39, 0.29) is 17.1 Å². The molecule has 22 heavy (non-hydrogen) atoms. The van der Waals surface area contributed by atoms with Gasteiger partial charge in [-0.05, 0) is 31.2 Å². The van der Waals surface area contributed by atoms with Gasteiger partial charge in [-0.3, -0.25) is 9.59 Å². The number of nitrogens with zero attached hydrogens (tertiary/aromatic N) is 1. The first-order valence-corrected chi connectivity index (χ1v) is 6.97. The molecule has 1 unspecified atom stereocenters. The summed E-state index contributed by atoms with van der Waals surface area (Å²) in [5.74, 6) is 1.09. The molecule has 1 atom stereocenters. The van der Waals surface area contributed by atoms with Crippen LogP contribution in [0.25, 0.3) is 11.0 Å². The SMILES string of the molecule is Cc1ccc(C2c3c(oc4ccccc4c3=O)C(=O)N2C)o1. The zero-order valence-electron chi connectivity index (χ0n) is 12.1. The molecule has 1 aliphatic rings. The molecule has 1 aliphatic heterocycles. The molecule has 4 rings (SSSR count). The molecule has 1 amide bonds. The number of benzene rings is 1. The van der Waals surface area contributed by atoms with Crippen LogP contribution in [0.4, 0.5) is 0 Å². The van der Waals surface area contributed by atoms with E-state index in [0.717, 1.165) is 5.76 Å². The normalized spacial score (nSPS) is 17.3. The van der Waals surface area contributed by atoms with Crippen molar-refractivity contribution in [2.75, 3.05) is 7.05 Å². The maximum atomic E-state index is 12.8. The topological polar surface area (TPSA) is 63.7 Å². The molecule has 0 N–H and O–H groups in total. The molecule has 0 fully saturated rings. The van der Waals surface area contributed by atoms with E-state index in [4.69, 9.17) is 8.83 Å². The summed E-state index contributed by atoms with van der Waals surface area (Å²) >= 11 is 0. The summed E-state index contributed by atoms with van der Waals surface area (Å²) in [7, 11) is 1.64. The van der Waals surface area contributed by atoms with Crippen molar-refractivity contribution in [2.24, 2.45) is 0 Å². The molecule has 2 aromatic heterocycles. The fraction of sp³-hybridized carbons (Fsp3) is 0.176. The Labute approximate surface area is 125 Å². The Morgan fingerprint density at radius 1 is 1.05 bits per heavy atom. The van der Waals surface area contributed by atoms with E-state index in [2.05, 4.69) is 0 Å². The lowest BCUT2D eigenvalue weighted by Gasteiger charge is -2.17. The summed E-state index contributed by atoms with van der Waals surface area (Å²) in [4.78, 5) is 26.7. The number of hydrogen-bond acceptors (Lipinski definition) is 4. The molecule has 0 saturated heterocycles. The van der Waals surface area contributed by atoms with Crippen molar-refractivity contribution < 1.29 is 13.6 Å². The van der Waals surface area contributed by atoms with Crippen LogP contribution in [-0.2, 0) is 0 Å². The highest BCUT2D eigenvalue weighted by atomic mass is 16.4. The summed E-state index contributed by atoms with van der Waals surface area (Å²) in [6.07, 6.45) is 0. The van der Waals surface area contributed by atoms with E-state index < -0.39 is 6.04 Å². The number of carbonyl (C=O) groups is 1. The molecule has 0 aliphatic carbocycles. The smallest absolute Gasteiger partial charge is 0.290 e. The van der Waals surface area contributed by atoms with Gasteiger partial charge in [0, 0.05) is 7.05 Å². The van der Waals surface area contributed by atoms with Crippen LogP contribution in [0.3, 0.4) is 0 Å². The molecule has 5 heteroatoms. The van der Waals surface area contributed by atoms with E-state index in [1.54, 1.807) is 37.4 Å². The van der Waals surface area contributed by atoms with E-state index in [1.807, 2.05) is 13.0 Å². The van der Waals surface area contributed by atoms with Gasteiger partial charge in [-0.2, -0.15) is 0 Å². The largest absolute Gasteiger partial charge is 0.464 e. The second kappa shape index (κ2) is 4.34. The van der Waals surface area contributed by atoms with Crippen molar-refractivity contribution >= 4 is 16.9 Å². The van der Waals surface area contributed by atoms with Gasteiger partial charge in [0.05, 0.1) is 10.9 Å². The first-order chi connectivity index (χ1) is 10.6. The lowest BCUT2D eigenvalue weighted by atomic mass is 10.0. The molecular weight excluding hydrogens is 282 g/mol. The summed E-state index contributed by atoms with van der Waals surface area (Å²) in [6, 6.07) is 9.99. The van der Waals surface area contributed by atoms with Crippen molar-refractivity contribution in [2.45, 2.75) is 13.0 Å². The van der Waals surface area contributed by atoms with Crippen LogP contribution in [0.5, 0.6) is 0 Å². The van der Waals surface area contributed by atoms with E-state index in [0.29, 0.717) is 22.3 Å². The third kappa shape index (κ3) is 1.59. The van der Waals surface area contributed by atoms with Gasteiger partial charge in [-0.15, -0.1) is 0 Å². The predicted molar refractivity (Wildman–Crippen MR) is 79.9 cm³/mol. The molecular formula is C17H13NO4. The number of amides is 1. The maximum absolute atomic E-state index is 12.8. The monoisotopic (exact) mass is 295 g/mol. The van der Waals surface area contributed by atoms with Crippen LogP contribution < -0.4 is 5.43 Å². The van der Waals surface area contributed by atoms with Gasteiger partial charge >= 0.3 is 0 Å². The predicted octanol–water partition coefficient (Wildman–Crippen LogP) is 2.87. The third-order valence-electron chi connectivity index (χ3n) is 4.04. The van der Waals surface area contributed by atoms with Crippen LogP contribution in [-0.4, -0.2) is 17.9 Å². The molecule has 3 heterocycles. The highest BCUT2D eigenvalue weighted by molar-refractivity contribution is 5.98. The van der Waals surface area contributed by atoms with Crippen LogP contribution in [0.2, 0.25) is 0 Å². The van der Waals surface area contributed by atoms with Crippen LogP contribution in [0, 0.1) is 6.92 Å². The minimum Gasteiger partial charge on any atom is -0.464 e. The van der Waals surface area contributed by atoms with Crippen LogP contribution in [0.15, 0.2) is 50.0 Å². The minimum atomic E-state index is -0.544. The molecule has 0 saturated carbocycles. The molecule has 0 spiro atoms. The van der Waals surface area contributed by atoms with E-state index >= 15 is 0 Å². The number of para-hydroxylation sites is 1. The fourth-order valence-electron chi connectivity index (χ4n) is 2.97. The standard InChI is InChI=1S/C17H13NO4/c1-9-7-8-12(21-9)14-13-15(19)10-5-3-4-6-11(10)22-16(13)17(20)18(14)2/h3-8,14H,1-2H3. The van der Waals surface area contributed by atoms with Crippen LogP contribution >= 0.6 is 0 Å². The fourth-order valence-corrected chi connectivity index (χ4v) is 2.97. The second-order valence-corrected chi connectivity index (χ2v) is 5.44. The van der Waals surface area contributed by atoms with Gasteiger partial charge in [-0.25, -0.2) is 0 Å². The van der Waals surface area contributed by atoms with Crippen molar-refractivity contribution in [3.63, 3.8) is 0 Å². The van der Waals surface area contributed by atoms with Gasteiger partial charge in [0.2, 0.25) is 5.76 Å². The Bertz CT molecular complexity index is 966. The Balaban J connectivity index is 2.06. The lowest BCUT2D eigenvalue weighted by Crippen LogP contribution is -2.24. The zero-order chi connectivity index (χ0) is 15.4. The summed E-state index contributed by atoms with van der Waals surface area (Å²) in [5.41, 5.74) is 0.582. The van der Waals surface area contributed by atoms with Gasteiger partial charge in [-0.1, -0.05) is 12.1 Å². The van der Waals surface area contributed by atoms with Gasteiger partial charge in [0.25, 0.3) is 5.91 Å². The first-order valence-electron chi connectivity index (χ1n) is 6.97. The minimum absolute atomic E-state index is 0.102. The molecule has 5 nitrogen and oxygen atoms in total. The molecule has 0 bridgehead atoms. The average molecular weight is 295 g/mol. The lowest BCUT2D eigenvalue weighted by molar-refractivity contribution is 0.0760. The highest BCUT2D eigenvalue weighted by Gasteiger charge is 2.42. The van der Waals surface area contributed by atoms with E-state index in [9.17, 15) is 9.59 Å². The third-order valence-corrected chi connectivity index (χ3v) is 4.04. The number of carbonyl (C=O) groups excluding carboxylic acids is 1. The van der Waals surface area contributed by atoms with Gasteiger partial charge < -0.3 is 13.7 Å². The molecule has 110 valence electrons. The molecule has 0 radical (unpaired) electrons. The Kier molecular flexibility index (Phi) is 2.54. The van der Waals surface area contributed by atoms with Gasteiger partial charge in [0.1, 0.15) is 23.1 Å². The zero-order valence-corrected chi connectivity index (χ0v) is 12.1. The van der Waals surface area contributed by atoms with Crippen molar-refractivity contribution in [1.82, 2.24) is 4.90 Å². The second-order valence-electron chi connectivity index (χ2n) is 5.44. The van der Waals surface area contributed by atoms with Crippen molar-refractivity contribution in [3.8, 4) is 0 Å². The van der Waals surface area contributed by atoms with Crippen molar-refractivity contribution in [1.29, 1.82) is 0 Å². The average Bonchev–Trinajstić information content (AvgIpc) is 3.04. The number of aryl methyl sites for hydroxylation is 1. The first kappa shape index (κ1) is 12.9. The molecule has 1 aromatic carbocycles. The summed E-state index contributed by atoms with van der Waals surface area (Å²) in [6.45, 7) is 1.82. The van der Waals surface area contributed by atoms with Crippen molar-refractivity contribution in [3.05, 3.63) is 69.5 Å². The molecule has 3 aromatic rings.